The van der Waals surface area contributed by atoms with Gasteiger partial charge in [0.25, 0.3) is 0 Å². The third-order valence-electron chi connectivity index (χ3n) is 4.56. The molecular weight excluding hydrogens is 382 g/mol. The zero-order valence-corrected chi connectivity index (χ0v) is 19.2. The summed E-state index contributed by atoms with van der Waals surface area (Å²) in [7, 11) is 0. The van der Waals surface area contributed by atoms with E-state index in [1.807, 2.05) is 0 Å². The molecule has 0 nitrogen and oxygen atoms in total. The van der Waals surface area contributed by atoms with Gasteiger partial charge < -0.3 is 0 Å². The Bertz CT molecular complexity index is 364. The topological polar surface area (TPSA) is 0 Å². The van der Waals surface area contributed by atoms with Crippen molar-refractivity contribution >= 4 is 46.4 Å². The predicted octanol–water partition coefficient (Wildman–Crippen LogP) is 8.69. The van der Waals surface area contributed by atoms with Crippen LogP contribution < -0.4 is 0 Å². The average molecular weight is 418 g/mol. The second-order valence-corrected chi connectivity index (χ2v) is 11.5. The zero-order valence-electron chi connectivity index (χ0n) is 16.2. The van der Waals surface area contributed by atoms with E-state index in [0.29, 0.717) is 5.88 Å². The van der Waals surface area contributed by atoms with E-state index in [2.05, 4.69) is 40.7 Å². The quantitative estimate of drug-likeness (QED) is 0.207. The Balaban J connectivity index is 4.02. The third-order valence-corrected chi connectivity index (χ3v) is 5.66. The summed E-state index contributed by atoms with van der Waals surface area (Å²) in [6.07, 6.45) is 11.5. The molecule has 0 aromatic rings. The fourth-order valence-corrected chi connectivity index (χ4v) is 3.85. The third kappa shape index (κ3) is 15.2. The van der Waals surface area contributed by atoms with Gasteiger partial charge in [-0.2, -0.15) is 0 Å². The van der Waals surface area contributed by atoms with Crippen LogP contribution in [0.2, 0.25) is 0 Å². The van der Waals surface area contributed by atoms with Crippen molar-refractivity contribution < 1.29 is 0 Å². The van der Waals surface area contributed by atoms with Crippen LogP contribution in [0.3, 0.4) is 0 Å². The first-order chi connectivity index (χ1) is 10.9. The zero-order chi connectivity index (χ0) is 18.9. The van der Waals surface area contributed by atoms with Crippen LogP contribution >= 0.6 is 46.4 Å². The normalized spacial score (nSPS) is 18.3. The standard InChI is InChI=1S/C20H36Cl4/c1-17(10-16-21)9-6-12-19(4,23)14-8-15-20(5,24)13-7-11-18(2,3)22/h10H,6-9,11-16H2,1-5H3. The molecule has 2 atom stereocenters. The molecule has 0 aliphatic rings. The lowest BCUT2D eigenvalue weighted by molar-refractivity contribution is 0.425. The van der Waals surface area contributed by atoms with Gasteiger partial charge in [0.1, 0.15) is 0 Å². The number of alkyl halides is 4. The molecule has 0 N–H and O–H groups in total. The number of hydrogen-bond acceptors (Lipinski definition) is 0. The molecule has 0 amide bonds. The lowest BCUT2D eigenvalue weighted by Crippen LogP contribution is -2.21. The summed E-state index contributed by atoms with van der Waals surface area (Å²) in [6.45, 7) is 10.5. The molecule has 0 rings (SSSR count). The molecule has 2 unspecified atom stereocenters. The maximum atomic E-state index is 6.68. The second kappa shape index (κ2) is 11.6. The van der Waals surface area contributed by atoms with Crippen LogP contribution in [0.15, 0.2) is 11.6 Å². The van der Waals surface area contributed by atoms with Crippen molar-refractivity contribution in [2.24, 2.45) is 0 Å². The fourth-order valence-electron chi connectivity index (χ4n) is 2.92. The van der Waals surface area contributed by atoms with Gasteiger partial charge in [0.15, 0.2) is 0 Å². The minimum absolute atomic E-state index is 0.127. The molecular formula is C20H36Cl4. The van der Waals surface area contributed by atoms with E-state index in [-0.39, 0.29) is 14.6 Å². The molecule has 0 fully saturated rings. The fraction of sp³-hybridized carbons (Fsp3) is 0.900. The van der Waals surface area contributed by atoms with Crippen LogP contribution in [0.1, 0.15) is 92.4 Å². The predicted molar refractivity (Wildman–Crippen MR) is 114 cm³/mol. The average Bonchev–Trinajstić information content (AvgIpc) is 2.36. The number of allylic oxidation sites excluding steroid dienone is 2. The monoisotopic (exact) mass is 416 g/mol. The van der Waals surface area contributed by atoms with Crippen molar-refractivity contribution in [1.82, 2.24) is 0 Å². The van der Waals surface area contributed by atoms with Crippen LogP contribution in [-0.4, -0.2) is 20.5 Å². The molecule has 0 aromatic heterocycles. The lowest BCUT2D eigenvalue weighted by atomic mass is 9.90. The summed E-state index contributed by atoms with van der Waals surface area (Å²) in [4.78, 5) is -0.404. The van der Waals surface area contributed by atoms with Gasteiger partial charge in [-0.3, -0.25) is 0 Å². The lowest BCUT2D eigenvalue weighted by Gasteiger charge is -2.27. The molecule has 4 heteroatoms. The Morgan fingerprint density at radius 1 is 0.750 bits per heavy atom. The smallest absolute Gasteiger partial charge is 0.0418 e. The van der Waals surface area contributed by atoms with Crippen molar-refractivity contribution in [3.8, 4) is 0 Å². The molecule has 0 saturated carbocycles. The highest BCUT2D eigenvalue weighted by molar-refractivity contribution is 6.24. The van der Waals surface area contributed by atoms with Crippen LogP contribution in [-0.2, 0) is 0 Å². The Morgan fingerprint density at radius 2 is 1.17 bits per heavy atom. The van der Waals surface area contributed by atoms with Crippen molar-refractivity contribution in [2.45, 2.75) is 107 Å². The molecule has 0 saturated heterocycles. The summed E-state index contributed by atoms with van der Waals surface area (Å²) in [5.41, 5.74) is 1.35. The Morgan fingerprint density at radius 3 is 1.58 bits per heavy atom. The molecule has 144 valence electrons. The van der Waals surface area contributed by atoms with Crippen LogP contribution in [0.25, 0.3) is 0 Å². The van der Waals surface area contributed by atoms with Gasteiger partial charge >= 0.3 is 0 Å². The second-order valence-electron chi connectivity index (χ2n) is 8.31. The van der Waals surface area contributed by atoms with E-state index in [4.69, 9.17) is 46.4 Å². The first-order valence-corrected chi connectivity index (χ1v) is 10.8. The van der Waals surface area contributed by atoms with Gasteiger partial charge in [0.05, 0.1) is 0 Å². The van der Waals surface area contributed by atoms with E-state index in [9.17, 15) is 0 Å². The van der Waals surface area contributed by atoms with Gasteiger partial charge in [-0.15, -0.1) is 46.4 Å². The summed E-state index contributed by atoms with van der Waals surface area (Å²) in [6, 6.07) is 0. The number of hydrogen-bond donors (Lipinski definition) is 0. The van der Waals surface area contributed by atoms with Gasteiger partial charge in [-0.25, -0.2) is 0 Å². The van der Waals surface area contributed by atoms with E-state index >= 15 is 0 Å². The minimum atomic E-state index is -0.144. The SMILES string of the molecule is CC(=CCCl)CCCC(C)(Cl)CCCC(C)(Cl)CCCC(C)(C)Cl. The summed E-state index contributed by atoms with van der Waals surface area (Å²) in [5, 5.41) is 0. The van der Waals surface area contributed by atoms with E-state index in [1.54, 1.807) is 0 Å². The van der Waals surface area contributed by atoms with Crippen LogP contribution in [0, 0.1) is 0 Å². The Hall–Kier alpha value is 0.900. The highest BCUT2D eigenvalue weighted by Gasteiger charge is 2.25. The number of halogens is 4. The summed E-state index contributed by atoms with van der Waals surface area (Å²) < 4.78 is 0. The molecule has 0 radical (unpaired) electrons. The van der Waals surface area contributed by atoms with E-state index < -0.39 is 0 Å². The minimum Gasteiger partial charge on any atom is -0.122 e. The molecule has 0 aliphatic carbocycles. The van der Waals surface area contributed by atoms with Crippen molar-refractivity contribution in [1.29, 1.82) is 0 Å². The highest BCUT2D eigenvalue weighted by atomic mass is 35.5. The van der Waals surface area contributed by atoms with Gasteiger partial charge in [-0.05, 0) is 92.4 Å². The molecule has 0 aromatic carbocycles. The molecule has 0 bridgehead atoms. The molecule has 0 spiro atoms. The molecule has 0 aliphatic heterocycles. The van der Waals surface area contributed by atoms with Crippen molar-refractivity contribution in [2.75, 3.05) is 5.88 Å². The highest BCUT2D eigenvalue weighted by Crippen LogP contribution is 2.34. The number of rotatable bonds is 13. The van der Waals surface area contributed by atoms with E-state index in [1.165, 1.54) is 5.57 Å². The Kier molecular flexibility index (Phi) is 12.0. The van der Waals surface area contributed by atoms with Crippen molar-refractivity contribution in [3.63, 3.8) is 0 Å². The molecule has 0 heterocycles. The van der Waals surface area contributed by atoms with Crippen LogP contribution in [0.4, 0.5) is 0 Å². The van der Waals surface area contributed by atoms with Gasteiger partial charge in [0.2, 0.25) is 0 Å². The largest absolute Gasteiger partial charge is 0.122 e. The summed E-state index contributed by atoms with van der Waals surface area (Å²) in [5.74, 6) is 0.596. The Labute approximate surface area is 170 Å². The first kappa shape index (κ1) is 24.9. The molecule has 24 heavy (non-hydrogen) atoms. The van der Waals surface area contributed by atoms with Crippen LogP contribution in [0.5, 0.6) is 0 Å². The van der Waals surface area contributed by atoms with Gasteiger partial charge in [0, 0.05) is 20.5 Å². The maximum Gasteiger partial charge on any atom is 0.0418 e. The van der Waals surface area contributed by atoms with Crippen molar-refractivity contribution in [3.05, 3.63) is 11.6 Å². The summed E-state index contributed by atoms with van der Waals surface area (Å²) >= 11 is 25.3. The first-order valence-electron chi connectivity index (χ1n) is 9.15. The van der Waals surface area contributed by atoms with Gasteiger partial charge in [-0.1, -0.05) is 11.6 Å². The van der Waals surface area contributed by atoms with E-state index in [0.717, 1.165) is 57.8 Å². The maximum absolute atomic E-state index is 6.68.